The molecule has 4 unspecified atom stereocenters. The van der Waals surface area contributed by atoms with E-state index in [0.29, 0.717) is 24.2 Å². The zero-order valence-electron chi connectivity index (χ0n) is 9.74. The lowest BCUT2D eigenvalue weighted by atomic mass is 9.78. The molecule has 2 amide bonds. The van der Waals surface area contributed by atoms with Crippen molar-refractivity contribution in [3.63, 3.8) is 0 Å². The van der Waals surface area contributed by atoms with Gasteiger partial charge in [0.25, 0.3) is 0 Å². The summed E-state index contributed by atoms with van der Waals surface area (Å²) >= 11 is 0. The van der Waals surface area contributed by atoms with Crippen LogP contribution in [0.2, 0.25) is 0 Å². The molecule has 0 aromatic heterocycles. The third-order valence-electron chi connectivity index (χ3n) is 4.41. The third-order valence-corrected chi connectivity index (χ3v) is 4.41. The van der Waals surface area contributed by atoms with E-state index in [1.54, 1.807) is 0 Å². The van der Waals surface area contributed by atoms with Crippen LogP contribution in [0.15, 0.2) is 12.7 Å². The summed E-state index contributed by atoms with van der Waals surface area (Å²) in [7, 11) is 0. The van der Waals surface area contributed by atoms with Gasteiger partial charge in [0.1, 0.15) is 0 Å². The molecule has 16 heavy (non-hydrogen) atoms. The van der Waals surface area contributed by atoms with Crippen molar-refractivity contribution < 1.29 is 9.59 Å². The highest BCUT2D eigenvalue weighted by atomic mass is 16.2. The van der Waals surface area contributed by atoms with Gasteiger partial charge < -0.3 is 0 Å². The quantitative estimate of drug-likeness (QED) is 0.740. The molecule has 0 aromatic rings. The lowest BCUT2D eigenvalue weighted by Gasteiger charge is -2.27. The molecular weight excluding hydrogens is 202 g/mol. The van der Waals surface area contributed by atoms with Gasteiger partial charge in [-0.25, -0.2) is 0 Å². The van der Waals surface area contributed by atoms with Crippen molar-refractivity contribution in [3.05, 3.63) is 12.7 Å². The summed E-state index contributed by atoms with van der Waals surface area (Å²) in [6.07, 6.45) is 5.52. The van der Waals surface area contributed by atoms with E-state index in [1.807, 2.05) is 0 Å². The minimum absolute atomic E-state index is 0.144. The Bertz CT molecular complexity index is 322. The number of nitrogens with one attached hydrogen (secondary N) is 1. The van der Waals surface area contributed by atoms with Gasteiger partial charge in [0, 0.05) is 6.42 Å². The number of hydrogen-bond acceptors (Lipinski definition) is 2. The van der Waals surface area contributed by atoms with Gasteiger partial charge in [-0.15, -0.1) is 0 Å². The molecule has 0 aromatic carbocycles. The highest BCUT2D eigenvalue weighted by Gasteiger charge is 2.45. The van der Waals surface area contributed by atoms with Gasteiger partial charge in [-0.2, -0.15) is 0 Å². The van der Waals surface area contributed by atoms with Crippen molar-refractivity contribution >= 4 is 11.8 Å². The molecule has 1 N–H and O–H groups in total. The molecular formula is C13H19NO2. The van der Waals surface area contributed by atoms with Crippen LogP contribution in [-0.4, -0.2) is 11.8 Å². The average molecular weight is 221 g/mol. The lowest BCUT2D eigenvalue weighted by Crippen LogP contribution is -2.33. The molecule has 2 aliphatic rings. The first-order valence-electron chi connectivity index (χ1n) is 6.08. The maximum absolute atomic E-state index is 11.6. The molecule has 2 fully saturated rings. The van der Waals surface area contributed by atoms with Gasteiger partial charge in [-0.1, -0.05) is 13.5 Å². The number of carbonyl (C=O) groups excluding carboxylic acids is 2. The molecule has 0 saturated heterocycles. The molecule has 2 aliphatic carbocycles. The van der Waals surface area contributed by atoms with Crippen LogP contribution in [0.4, 0.5) is 0 Å². The average Bonchev–Trinajstić information content (AvgIpc) is 2.82. The van der Waals surface area contributed by atoms with E-state index < -0.39 is 0 Å². The second-order valence-electron chi connectivity index (χ2n) is 5.18. The summed E-state index contributed by atoms with van der Waals surface area (Å²) in [6, 6.07) is 0. The fourth-order valence-electron chi connectivity index (χ4n) is 3.50. The number of fused-ring (bicyclic) bond motifs is 2. The van der Waals surface area contributed by atoms with Crippen LogP contribution in [0.3, 0.4) is 0 Å². The minimum Gasteiger partial charge on any atom is -0.293 e. The van der Waals surface area contributed by atoms with Gasteiger partial charge >= 0.3 is 0 Å². The Labute approximate surface area is 96.3 Å². The Kier molecular flexibility index (Phi) is 3.13. The SMILES string of the molecule is C=CC(=O)NC(=O)CC1C2CCC(C2)C1C. The summed E-state index contributed by atoms with van der Waals surface area (Å²) in [5, 5.41) is 2.34. The Hall–Kier alpha value is -1.12. The van der Waals surface area contributed by atoms with Crippen LogP contribution in [0.25, 0.3) is 0 Å². The monoisotopic (exact) mass is 221 g/mol. The molecule has 2 bridgehead atoms. The van der Waals surface area contributed by atoms with Crippen LogP contribution in [0.5, 0.6) is 0 Å². The molecule has 0 heterocycles. The molecule has 88 valence electrons. The zero-order chi connectivity index (χ0) is 11.7. The van der Waals surface area contributed by atoms with Crippen molar-refractivity contribution in [3.8, 4) is 0 Å². The second kappa shape index (κ2) is 4.40. The molecule has 0 radical (unpaired) electrons. The van der Waals surface area contributed by atoms with Crippen molar-refractivity contribution in [2.24, 2.45) is 23.7 Å². The third kappa shape index (κ3) is 2.04. The van der Waals surface area contributed by atoms with Crippen molar-refractivity contribution in [1.82, 2.24) is 5.32 Å². The van der Waals surface area contributed by atoms with E-state index in [2.05, 4.69) is 18.8 Å². The minimum atomic E-state index is -0.388. The molecule has 4 atom stereocenters. The predicted molar refractivity (Wildman–Crippen MR) is 61.4 cm³/mol. The van der Waals surface area contributed by atoms with Gasteiger partial charge in [0.2, 0.25) is 11.8 Å². The molecule has 2 rings (SSSR count). The Morgan fingerprint density at radius 1 is 1.38 bits per heavy atom. The largest absolute Gasteiger partial charge is 0.293 e. The van der Waals surface area contributed by atoms with Crippen molar-refractivity contribution in [2.75, 3.05) is 0 Å². The van der Waals surface area contributed by atoms with Gasteiger partial charge in [-0.05, 0) is 49.0 Å². The topological polar surface area (TPSA) is 46.2 Å². The fraction of sp³-hybridized carbons (Fsp3) is 0.692. The Morgan fingerprint density at radius 2 is 2.06 bits per heavy atom. The van der Waals surface area contributed by atoms with Crippen LogP contribution < -0.4 is 5.32 Å². The molecule has 3 nitrogen and oxygen atoms in total. The molecule has 3 heteroatoms. The number of amides is 2. The van der Waals surface area contributed by atoms with Gasteiger partial charge in [-0.3, -0.25) is 14.9 Å². The smallest absolute Gasteiger partial charge is 0.249 e. The number of rotatable bonds is 3. The summed E-state index contributed by atoms with van der Waals surface area (Å²) in [5.41, 5.74) is 0. The second-order valence-corrected chi connectivity index (χ2v) is 5.18. The van der Waals surface area contributed by atoms with Crippen LogP contribution in [0, 0.1) is 23.7 Å². The van der Waals surface area contributed by atoms with Crippen LogP contribution in [0.1, 0.15) is 32.6 Å². The van der Waals surface area contributed by atoms with E-state index in [-0.39, 0.29) is 11.8 Å². The van der Waals surface area contributed by atoms with Crippen LogP contribution >= 0.6 is 0 Å². The summed E-state index contributed by atoms with van der Waals surface area (Å²) in [6.45, 7) is 5.58. The van der Waals surface area contributed by atoms with Crippen molar-refractivity contribution in [2.45, 2.75) is 32.6 Å². The first kappa shape index (κ1) is 11.4. The van der Waals surface area contributed by atoms with Crippen LogP contribution in [-0.2, 0) is 9.59 Å². The molecule has 0 spiro atoms. The zero-order valence-corrected chi connectivity index (χ0v) is 9.74. The van der Waals surface area contributed by atoms with Crippen molar-refractivity contribution in [1.29, 1.82) is 0 Å². The van der Waals surface area contributed by atoms with Gasteiger partial charge in [0.15, 0.2) is 0 Å². The highest BCUT2D eigenvalue weighted by molar-refractivity contribution is 6.00. The molecule has 2 saturated carbocycles. The first-order valence-corrected chi connectivity index (χ1v) is 6.08. The highest BCUT2D eigenvalue weighted by Crippen LogP contribution is 2.53. The number of imide groups is 1. The standard InChI is InChI=1S/C13H19NO2/c1-3-12(15)14-13(16)7-11-8(2)9-4-5-10(11)6-9/h3,8-11H,1,4-7H2,2H3,(H,14,15,16). The van der Waals surface area contributed by atoms with E-state index in [9.17, 15) is 9.59 Å². The van der Waals surface area contributed by atoms with E-state index in [4.69, 9.17) is 0 Å². The van der Waals surface area contributed by atoms with E-state index in [0.717, 1.165) is 12.0 Å². The summed E-state index contributed by atoms with van der Waals surface area (Å²) in [5.74, 6) is 2.12. The predicted octanol–water partition coefficient (Wildman–Crippen LogP) is 1.89. The number of carbonyl (C=O) groups is 2. The number of hydrogen-bond donors (Lipinski definition) is 1. The first-order chi connectivity index (χ1) is 7.61. The normalized spacial score (nSPS) is 36.1. The summed E-state index contributed by atoms with van der Waals surface area (Å²) in [4.78, 5) is 22.6. The fourth-order valence-corrected chi connectivity index (χ4v) is 3.50. The maximum atomic E-state index is 11.6. The maximum Gasteiger partial charge on any atom is 0.249 e. The van der Waals surface area contributed by atoms with Gasteiger partial charge in [0.05, 0.1) is 0 Å². The van der Waals surface area contributed by atoms with E-state index >= 15 is 0 Å². The molecule has 0 aliphatic heterocycles. The summed E-state index contributed by atoms with van der Waals surface area (Å²) < 4.78 is 0. The Balaban J connectivity index is 1.88. The van der Waals surface area contributed by atoms with E-state index in [1.165, 1.54) is 19.3 Å². The lowest BCUT2D eigenvalue weighted by molar-refractivity contribution is -0.129. The Morgan fingerprint density at radius 3 is 2.62 bits per heavy atom.